The van der Waals surface area contributed by atoms with Crippen molar-refractivity contribution in [1.29, 1.82) is 0 Å². The highest BCUT2D eigenvalue weighted by Gasteiger charge is 1.98. The van der Waals surface area contributed by atoms with Crippen LogP contribution in [0.15, 0.2) is 42.6 Å². The van der Waals surface area contributed by atoms with Crippen LogP contribution in [0.4, 0.5) is 0 Å². The van der Waals surface area contributed by atoms with Crippen LogP contribution >= 0.6 is 0 Å². The number of hydrogen-bond donors (Lipinski definition) is 0. The van der Waals surface area contributed by atoms with Crippen molar-refractivity contribution in [3.63, 3.8) is 0 Å². The van der Waals surface area contributed by atoms with Gasteiger partial charge in [-0.15, -0.1) is 0 Å². The van der Waals surface area contributed by atoms with Crippen molar-refractivity contribution < 1.29 is 9.53 Å². The number of methoxy groups -OCH3 is 1. The summed E-state index contributed by atoms with van der Waals surface area (Å²) >= 11 is 0. The molecule has 0 N–H and O–H groups in total. The van der Waals surface area contributed by atoms with E-state index in [9.17, 15) is 4.79 Å². The maximum absolute atomic E-state index is 11.0. The van der Waals surface area contributed by atoms with Crippen molar-refractivity contribution >= 4 is 22.9 Å². The third-order valence-electron chi connectivity index (χ3n) is 2.28. The molecule has 0 saturated carbocycles. The van der Waals surface area contributed by atoms with E-state index in [1.54, 1.807) is 12.3 Å². The number of ether oxygens (including phenoxy) is 1. The minimum atomic E-state index is -0.360. The first kappa shape index (κ1) is 10.4. The summed E-state index contributed by atoms with van der Waals surface area (Å²) < 4.78 is 4.54. The lowest BCUT2D eigenvalue weighted by Crippen LogP contribution is -1.93. The van der Waals surface area contributed by atoms with Gasteiger partial charge in [0.1, 0.15) is 0 Å². The van der Waals surface area contributed by atoms with Gasteiger partial charge in [0.25, 0.3) is 0 Å². The second-order valence-electron chi connectivity index (χ2n) is 3.27. The second kappa shape index (κ2) is 4.57. The monoisotopic (exact) mass is 213 g/mol. The van der Waals surface area contributed by atoms with Gasteiger partial charge in [-0.05, 0) is 23.8 Å². The average molecular weight is 213 g/mol. The Bertz CT molecular complexity index is 541. The van der Waals surface area contributed by atoms with Crippen LogP contribution in [-0.4, -0.2) is 18.1 Å². The van der Waals surface area contributed by atoms with Crippen LogP contribution in [0.25, 0.3) is 17.0 Å². The third kappa shape index (κ3) is 2.08. The zero-order valence-corrected chi connectivity index (χ0v) is 8.88. The van der Waals surface area contributed by atoms with Gasteiger partial charge in [-0.25, -0.2) is 4.79 Å². The highest BCUT2D eigenvalue weighted by Crippen LogP contribution is 2.17. The lowest BCUT2D eigenvalue weighted by Gasteiger charge is -2.00. The Hall–Kier alpha value is -2.16. The topological polar surface area (TPSA) is 39.2 Å². The Morgan fingerprint density at radius 3 is 3.00 bits per heavy atom. The molecule has 0 aliphatic heterocycles. The number of rotatable bonds is 2. The van der Waals surface area contributed by atoms with Gasteiger partial charge in [0, 0.05) is 17.7 Å². The number of carbonyl (C=O) groups excluding carboxylic acids is 1. The van der Waals surface area contributed by atoms with Crippen molar-refractivity contribution in [2.75, 3.05) is 7.11 Å². The van der Waals surface area contributed by atoms with Crippen molar-refractivity contribution in [1.82, 2.24) is 4.98 Å². The molecular weight excluding hydrogens is 202 g/mol. The smallest absolute Gasteiger partial charge is 0.330 e. The van der Waals surface area contributed by atoms with E-state index >= 15 is 0 Å². The molecule has 1 heterocycles. The molecule has 0 aliphatic rings. The number of esters is 1. The van der Waals surface area contributed by atoms with Crippen molar-refractivity contribution in [3.05, 3.63) is 48.2 Å². The van der Waals surface area contributed by atoms with E-state index < -0.39 is 0 Å². The van der Waals surface area contributed by atoms with Crippen molar-refractivity contribution in [2.45, 2.75) is 0 Å². The standard InChI is InChI=1S/C13H11NO2/c1-16-13(15)8-7-10-4-2-6-12-11(10)5-3-9-14-12/h2-9H,1H3/b8-7+. The summed E-state index contributed by atoms with van der Waals surface area (Å²) in [5, 5.41) is 1.02. The van der Waals surface area contributed by atoms with Gasteiger partial charge in [0.2, 0.25) is 0 Å². The summed E-state index contributed by atoms with van der Waals surface area (Å²) in [5.74, 6) is -0.360. The summed E-state index contributed by atoms with van der Waals surface area (Å²) in [5.41, 5.74) is 1.87. The van der Waals surface area contributed by atoms with E-state index in [1.165, 1.54) is 13.2 Å². The van der Waals surface area contributed by atoms with Gasteiger partial charge in [-0.2, -0.15) is 0 Å². The number of pyridine rings is 1. The zero-order chi connectivity index (χ0) is 11.4. The Morgan fingerprint density at radius 1 is 1.31 bits per heavy atom. The Kier molecular flexibility index (Phi) is 2.96. The molecule has 80 valence electrons. The minimum Gasteiger partial charge on any atom is -0.466 e. The molecule has 0 unspecified atom stereocenters. The first-order valence-electron chi connectivity index (χ1n) is 4.91. The first-order valence-corrected chi connectivity index (χ1v) is 4.91. The zero-order valence-electron chi connectivity index (χ0n) is 8.88. The molecule has 0 aliphatic carbocycles. The van der Waals surface area contributed by atoms with Crippen LogP contribution in [0.3, 0.4) is 0 Å². The van der Waals surface area contributed by atoms with Crippen LogP contribution in [0, 0.1) is 0 Å². The molecule has 0 atom stereocenters. The van der Waals surface area contributed by atoms with Crippen LogP contribution in [0.2, 0.25) is 0 Å². The fraction of sp³-hybridized carbons (Fsp3) is 0.0769. The summed E-state index contributed by atoms with van der Waals surface area (Å²) in [6.07, 6.45) is 4.88. The molecule has 2 aromatic rings. The van der Waals surface area contributed by atoms with Gasteiger partial charge in [0.15, 0.2) is 0 Å². The van der Waals surface area contributed by atoms with Crippen molar-refractivity contribution in [2.24, 2.45) is 0 Å². The molecule has 2 rings (SSSR count). The molecule has 0 saturated heterocycles. The highest BCUT2D eigenvalue weighted by molar-refractivity contribution is 5.93. The number of nitrogens with zero attached hydrogens (tertiary/aromatic N) is 1. The minimum absolute atomic E-state index is 0.360. The number of aromatic nitrogens is 1. The second-order valence-corrected chi connectivity index (χ2v) is 3.27. The fourth-order valence-electron chi connectivity index (χ4n) is 1.50. The van der Waals surface area contributed by atoms with Crippen LogP contribution in [0.1, 0.15) is 5.56 Å². The molecule has 0 radical (unpaired) electrons. The predicted molar refractivity (Wildman–Crippen MR) is 62.8 cm³/mol. The molecule has 0 spiro atoms. The van der Waals surface area contributed by atoms with Gasteiger partial charge >= 0.3 is 5.97 Å². The molecule has 1 aromatic heterocycles. The SMILES string of the molecule is COC(=O)/C=C/c1cccc2ncccc12. The number of fused-ring (bicyclic) bond motifs is 1. The molecule has 16 heavy (non-hydrogen) atoms. The quantitative estimate of drug-likeness (QED) is 0.568. The summed E-state index contributed by atoms with van der Waals surface area (Å²) in [7, 11) is 1.36. The normalized spacial score (nSPS) is 10.8. The molecular formula is C13H11NO2. The molecule has 3 heteroatoms. The average Bonchev–Trinajstić information content (AvgIpc) is 2.35. The predicted octanol–water partition coefficient (Wildman–Crippen LogP) is 2.42. The lowest BCUT2D eigenvalue weighted by molar-refractivity contribution is -0.134. The van der Waals surface area contributed by atoms with Gasteiger partial charge in [-0.3, -0.25) is 4.98 Å². The molecule has 1 aromatic carbocycles. The number of carbonyl (C=O) groups is 1. The van der Waals surface area contributed by atoms with Gasteiger partial charge < -0.3 is 4.74 Å². The fourth-order valence-corrected chi connectivity index (χ4v) is 1.50. The van der Waals surface area contributed by atoms with E-state index in [-0.39, 0.29) is 5.97 Å². The Labute approximate surface area is 93.4 Å². The third-order valence-corrected chi connectivity index (χ3v) is 2.28. The van der Waals surface area contributed by atoms with Crippen LogP contribution in [-0.2, 0) is 9.53 Å². The summed E-state index contributed by atoms with van der Waals surface area (Å²) in [4.78, 5) is 15.2. The highest BCUT2D eigenvalue weighted by atomic mass is 16.5. The van der Waals surface area contributed by atoms with E-state index in [4.69, 9.17) is 0 Å². The largest absolute Gasteiger partial charge is 0.466 e. The van der Waals surface area contributed by atoms with E-state index in [0.717, 1.165) is 16.5 Å². The Balaban J connectivity index is 2.45. The number of benzene rings is 1. The molecule has 0 amide bonds. The van der Waals surface area contributed by atoms with E-state index in [0.29, 0.717) is 0 Å². The summed E-state index contributed by atoms with van der Waals surface area (Å²) in [6, 6.07) is 9.62. The van der Waals surface area contributed by atoms with E-state index in [2.05, 4.69) is 9.72 Å². The van der Waals surface area contributed by atoms with Gasteiger partial charge in [0.05, 0.1) is 12.6 Å². The van der Waals surface area contributed by atoms with Crippen molar-refractivity contribution in [3.8, 4) is 0 Å². The molecule has 3 nitrogen and oxygen atoms in total. The first-order chi connectivity index (χ1) is 7.81. The summed E-state index contributed by atoms with van der Waals surface area (Å²) in [6.45, 7) is 0. The van der Waals surface area contributed by atoms with Crippen LogP contribution < -0.4 is 0 Å². The maximum Gasteiger partial charge on any atom is 0.330 e. The van der Waals surface area contributed by atoms with E-state index in [1.807, 2.05) is 30.3 Å². The molecule has 0 fully saturated rings. The number of hydrogen-bond acceptors (Lipinski definition) is 3. The van der Waals surface area contributed by atoms with Gasteiger partial charge in [-0.1, -0.05) is 18.2 Å². The maximum atomic E-state index is 11.0. The molecule has 0 bridgehead atoms. The van der Waals surface area contributed by atoms with Crippen LogP contribution in [0.5, 0.6) is 0 Å². The Morgan fingerprint density at radius 2 is 2.19 bits per heavy atom. The lowest BCUT2D eigenvalue weighted by atomic mass is 10.1.